The molecule has 6 aliphatic rings. The van der Waals surface area contributed by atoms with E-state index < -0.39 is 41.6 Å². The number of rotatable bonds is 26. The minimum absolute atomic E-state index is 0.0314. The molecule has 3 aromatic heterocycles. The molecule has 0 radical (unpaired) electrons. The van der Waals surface area contributed by atoms with E-state index in [1.807, 2.05) is 65.0 Å². The number of ether oxygens (including phenoxy) is 2. The molecule has 23 nitrogen and oxygen atoms in total. The molecule has 2 unspecified atom stereocenters. The molecular weight excluding hydrogens is 1250 g/mol. The summed E-state index contributed by atoms with van der Waals surface area (Å²) in [6, 6.07) is 21.9. The van der Waals surface area contributed by atoms with Gasteiger partial charge in [0, 0.05) is 54.9 Å². The molecular formula is C70H80N11O12PS. The number of hydrogen-bond donors (Lipinski definition) is 5. The summed E-state index contributed by atoms with van der Waals surface area (Å²) < 4.78 is 27.4. The number of benzene rings is 3. The van der Waals surface area contributed by atoms with Gasteiger partial charge in [-0.1, -0.05) is 55.9 Å². The van der Waals surface area contributed by atoms with Crippen molar-refractivity contribution < 1.29 is 57.5 Å². The predicted molar refractivity (Wildman–Crippen MR) is 358 cm³/mol. The number of nitrogens with one attached hydrogen (secondary N) is 4. The van der Waals surface area contributed by atoms with Crippen LogP contribution < -0.4 is 26.2 Å². The summed E-state index contributed by atoms with van der Waals surface area (Å²) in [4.78, 5) is 118. The van der Waals surface area contributed by atoms with Gasteiger partial charge in [-0.05, 0) is 80.5 Å². The Morgan fingerprint density at radius 1 is 0.821 bits per heavy atom. The molecule has 25 heteroatoms. The number of thiazole rings is 1. The van der Waals surface area contributed by atoms with Crippen LogP contribution in [0.25, 0.3) is 21.3 Å². The number of anilines is 3. The number of aromatic carboxylic acids is 1. The maximum absolute atomic E-state index is 13.8. The zero-order valence-electron chi connectivity index (χ0n) is 54.3. The number of amides is 7. The predicted octanol–water partition coefficient (Wildman–Crippen LogP) is 10.5. The zero-order chi connectivity index (χ0) is 67.4. The Bertz CT molecular complexity index is 4080. The summed E-state index contributed by atoms with van der Waals surface area (Å²) in [7, 11) is -0.366. The number of aromatic nitrogens is 4. The maximum atomic E-state index is 13.8. The molecule has 95 heavy (non-hydrogen) atoms. The Morgan fingerprint density at radius 3 is 2.28 bits per heavy atom. The van der Waals surface area contributed by atoms with Crippen LogP contribution in [0.5, 0.6) is 0 Å². The number of carboxylic acid groups (broad SMARTS) is 1. The van der Waals surface area contributed by atoms with Gasteiger partial charge in [0.05, 0.1) is 16.4 Å². The standard InChI is InChI=1S/C70H80N11O12PS/c1-43(2)59(76-56(82)17-8-7-11-27-80-57(83)24-25-58(80)84)63(87)72-44(3)61(85)73-48-20-18-46(19-21-48)35-92-66(90)78(30-32-94-91)29-31-93-70-39-67(5)36-68(6,40-70)38-69(37-67,41-70)42-81-45(4)51(33-71-81)49-22-23-55(75-60(49)64(88)89)79-28-26-47-13-12-14-50(52(47)34-79)62(86)77-65-74-53-15-9-10-16-54(53)95-65/h9-10,12-16,18-25,33,43-44,59H,7-8,11,17,26-31,34-42H2,1-6H3,(H,72,87)(H,73,85)(H,76,82)(H,88,89)(H,74,77,86)/t44-,59-,67?,68?,69?,70?/m0/s1. The van der Waals surface area contributed by atoms with Gasteiger partial charge >= 0.3 is 219 Å². The van der Waals surface area contributed by atoms with E-state index in [1.165, 1.54) is 35.3 Å². The van der Waals surface area contributed by atoms with Crippen molar-refractivity contribution in [2.75, 3.05) is 48.3 Å². The fourth-order valence-corrected chi connectivity index (χ4v) is 16.9. The molecule has 0 saturated heterocycles. The van der Waals surface area contributed by atoms with Crippen LogP contribution in [0, 0.1) is 34.7 Å². The Balaban J connectivity index is 0.671. The Kier molecular flexibility index (Phi) is 20.1. The number of fused-ring (bicyclic) bond motifs is 2. The Morgan fingerprint density at radius 2 is 1.57 bits per heavy atom. The van der Waals surface area contributed by atoms with E-state index in [0.717, 1.165) is 70.5 Å². The van der Waals surface area contributed by atoms with Gasteiger partial charge in [0.2, 0.25) is 11.8 Å². The fourth-order valence-electron chi connectivity index (χ4n) is 15.8. The van der Waals surface area contributed by atoms with Gasteiger partial charge in [-0.15, -0.1) is 0 Å². The van der Waals surface area contributed by atoms with Crippen LogP contribution in [-0.2, 0) is 64.1 Å². The van der Waals surface area contributed by atoms with Crippen molar-refractivity contribution in [3.63, 3.8) is 0 Å². The number of unbranched alkanes of at least 4 members (excludes halogenated alkanes) is 2. The number of hydrogen-bond acceptors (Lipinski definition) is 16. The molecule has 12 rings (SSSR count). The van der Waals surface area contributed by atoms with Crippen molar-refractivity contribution in [3.05, 3.63) is 131 Å². The third-order valence-corrected chi connectivity index (χ3v) is 20.3. The summed E-state index contributed by atoms with van der Waals surface area (Å²) in [6.07, 6.45) is 11.4. The van der Waals surface area contributed by atoms with Gasteiger partial charge in [0.15, 0.2) is 10.8 Å². The average molecular weight is 1330 g/mol. The molecule has 4 fully saturated rings. The first-order chi connectivity index (χ1) is 45.4. The number of carbonyl (C=O) groups is 8. The molecule has 2 aliphatic heterocycles. The van der Waals surface area contributed by atoms with E-state index >= 15 is 0 Å². The topological polar surface area (TPSA) is 294 Å². The molecule has 5 N–H and O–H groups in total. The first-order valence-corrected chi connectivity index (χ1v) is 34.0. The fraction of sp³-hybridized carbons (Fsp3) is 0.457. The number of carboxylic acids is 1. The minimum atomic E-state index is -1.16. The third-order valence-electron chi connectivity index (χ3n) is 19.1. The summed E-state index contributed by atoms with van der Waals surface area (Å²) in [6.45, 7) is 13.8. The Hall–Kier alpha value is -8.82. The second-order valence-electron chi connectivity index (χ2n) is 27.3. The average Bonchev–Trinajstić information content (AvgIpc) is 1.03. The van der Waals surface area contributed by atoms with Crippen LogP contribution in [0.1, 0.15) is 142 Å². The van der Waals surface area contributed by atoms with Crippen molar-refractivity contribution in [1.29, 1.82) is 0 Å². The molecule has 7 amide bonds. The van der Waals surface area contributed by atoms with E-state index in [1.54, 1.807) is 50.4 Å². The van der Waals surface area contributed by atoms with Gasteiger partial charge in [-0.25, -0.2) is 14.8 Å². The van der Waals surface area contributed by atoms with Crippen molar-refractivity contribution in [3.8, 4) is 16.8 Å². The number of pyridine rings is 1. The van der Waals surface area contributed by atoms with Crippen molar-refractivity contribution in [1.82, 2.24) is 40.2 Å². The van der Waals surface area contributed by atoms with Gasteiger partial charge in [0.1, 0.15) is 17.9 Å². The van der Waals surface area contributed by atoms with E-state index in [9.17, 15) is 48.0 Å². The molecule has 6 aromatic rings. The Labute approximate surface area is 556 Å². The SMILES string of the molecule is Cc1c(-c2ccc(N3CCc4cccc(C(=O)Nc5nc6ccccc6s5)c4C3)nc2C(=O)O)cnn1CC12CC3(C)CC(C)(C1)CC(OCCN(CC#P=O)C(=O)OCc1ccc(NC(=O)[C@H](C)NC(=O)[C@@H](NC(=O)CCCCCN4C(=O)C=CC4=O)C(C)C)cc1)(C3)C2. The summed E-state index contributed by atoms with van der Waals surface area (Å²) in [5, 5.41) is 27.4. The van der Waals surface area contributed by atoms with Crippen molar-refractivity contribution in [2.45, 2.75) is 150 Å². The van der Waals surface area contributed by atoms with Crippen LogP contribution in [0.4, 0.5) is 21.4 Å². The first-order valence-electron chi connectivity index (χ1n) is 32.4. The van der Waals surface area contributed by atoms with Gasteiger partial charge in [-0.2, -0.15) is 0 Å². The molecule has 4 atom stereocenters. The molecule has 0 spiro atoms. The molecule has 3 aromatic carbocycles. The van der Waals surface area contributed by atoms with Crippen LogP contribution >= 0.6 is 19.3 Å². The van der Waals surface area contributed by atoms with Gasteiger partial charge in [0.25, 0.3) is 17.7 Å². The van der Waals surface area contributed by atoms with E-state index in [-0.39, 0.29) is 98.7 Å². The third kappa shape index (κ3) is 15.5. The molecule has 4 bridgehead atoms. The monoisotopic (exact) mass is 1330 g/mol. The molecule has 498 valence electrons. The van der Waals surface area contributed by atoms with E-state index in [4.69, 9.17) is 19.6 Å². The van der Waals surface area contributed by atoms with E-state index in [0.29, 0.717) is 84.2 Å². The number of para-hydroxylation sites is 1. The van der Waals surface area contributed by atoms with Gasteiger partial charge in [-0.3, -0.25) is 39.0 Å². The number of imide groups is 1. The van der Waals surface area contributed by atoms with Crippen LogP contribution in [0.15, 0.2) is 97.2 Å². The summed E-state index contributed by atoms with van der Waals surface area (Å²) in [5.41, 5.74) is 8.11. The number of carbonyl (C=O) groups excluding carboxylic acids is 7. The molecule has 4 aliphatic carbocycles. The van der Waals surface area contributed by atoms with Crippen LogP contribution in [0.3, 0.4) is 0 Å². The summed E-state index contributed by atoms with van der Waals surface area (Å²) >= 11 is 1.41. The van der Waals surface area contributed by atoms with Crippen LogP contribution in [0.2, 0.25) is 0 Å². The zero-order valence-corrected chi connectivity index (χ0v) is 56.0. The second kappa shape index (κ2) is 28.2. The number of nitrogens with zero attached hydrogens (tertiary/aromatic N) is 7. The van der Waals surface area contributed by atoms with Gasteiger partial charge < -0.3 is 20.6 Å². The second-order valence-corrected chi connectivity index (χ2v) is 28.9. The van der Waals surface area contributed by atoms with Crippen molar-refractivity contribution >= 4 is 93.6 Å². The normalized spacial score (nSPS) is 21.5. The first kappa shape index (κ1) is 67.6. The summed E-state index contributed by atoms with van der Waals surface area (Å²) in [5.74, 6) is -3.25. The molecule has 4 saturated carbocycles. The van der Waals surface area contributed by atoms with E-state index in [2.05, 4.69) is 45.7 Å². The molecule has 5 heterocycles. The van der Waals surface area contributed by atoms with Crippen LogP contribution in [-0.4, -0.2) is 133 Å². The quantitative estimate of drug-likeness (QED) is 0.0192. The van der Waals surface area contributed by atoms with Crippen molar-refractivity contribution in [2.24, 2.45) is 22.2 Å².